The molecule has 2 heterocycles. The summed E-state index contributed by atoms with van der Waals surface area (Å²) >= 11 is 0. The lowest BCUT2D eigenvalue weighted by molar-refractivity contribution is -0.134. The Morgan fingerprint density at radius 2 is 1.51 bits per heavy atom. The average Bonchev–Trinajstić information content (AvgIpc) is 3.31. The summed E-state index contributed by atoms with van der Waals surface area (Å²) in [4.78, 5) is 30.7. The number of aromatic amines is 1. The van der Waals surface area contributed by atoms with Crippen molar-refractivity contribution in [3.05, 3.63) is 65.4 Å². The van der Waals surface area contributed by atoms with Crippen LogP contribution in [0.25, 0.3) is 23.1 Å². The van der Waals surface area contributed by atoms with Gasteiger partial charge in [0.2, 0.25) is 5.91 Å². The third-order valence-electron chi connectivity index (χ3n) is 6.20. The molecule has 1 fully saturated rings. The molecule has 2 aromatic carbocycles. The molecule has 1 aromatic heterocycles. The summed E-state index contributed by atoms with van der Waals surface area (Å²) < 4.78 is 0. The van der Waals surface area contributed by atoms with Crippen molar-refractivity contribution >= 4 is 59.7 Å². The van der Waals surface area contributed by atoms with Crippen LogP contribution in [0.4, 0.5) is 0 Å². The Labute approximate surface area is 228 Å². The summed E-state index contributed by atoms with van der Waals surface area (Å²) in [5.41, 5.74) is 3.44. The number of halogens is 2. The Kier molecular flexibility index (Phi) is 12.0. The number of nitrogens with zero attached hydrogens (tertiary/aromatic N) is 4. The number of piperazine rings is 1. The number of aliphatic hydroxyl groups is 2. The van der Waals surface area contributed by atoms with Crippen molar-refractivity contribution in [2.24, 2.45) is 0 Å². The molecule has 0 aliphatic carbocycles. The maximum atomic E-state index is 13.0. The van der Waals surface area contributed by atoms with Gasteiger partial charge in [-0.3, -0.25) is 19.6 Å². The van der Waals surface area contributed by atoms with E-state index in [2.05, 4.69) is 10.2 Å². The van der Waals surface area contributed by atoms with Gasteiger partial charge in [0.25, 0.3) is 5.91 Å². The van der Waals surface area contributed by atoms with Crippen molar-refractivity contribution in [3.63, 3.8) is 0 Å². The number of para-hydroxylation sites is 1. The van der Waals surface area contributed by atoms with E-state index in [1.807, 2.05) is 60.7 Å². The molecule has 1 aliphatic heterocycles. The molecule has 2 amide bonds. The van der Waals surface area contributed by atoms with Crippen molar-refractivity contribution in [3.8, 4) is 0 Å². The van der Waals surface area contributed by atoms with Gasteiger partial charge in [-0.25, -0.2) is 0 Å². The van der Waals surface area contributed by atoms with Crippen LogP contribution in [0.3, 0.4) is 0 Å². The normalized spacial score (nSPS) is 13.6. The van der Waals surface area contributed by atoms with Crippen molar-refractivity contribution in [1.29, 1.82) is 0 Å². The molecule has 0 atom stereocenters. The Morgan fingerprint density at radius 1 is 0.892 bits per heavy atom. The van der Waals surface area contributed by atoms with E-state index in [4.69, 9.17) is 10.2 Å². The number of nitrogens with one attached hydrogen (secondary N) is 1. The highest BCUT2D eigenvalue weighted by Crippen LogP contribution is 2.18. The molecular formula is C26H33Cl2N5O4. The minimum atomic E-state index is -0.0654. The Morgan fingerprint density at radius 3 is 2.16 bits per heavy atom. The fourth-order valence-electron chi connectivity index (χ4n) is 4.21. The van der Waals surface area contributed by atoms with E-state index in [0.717, 1.165) is 22.2 Å². The van der Waals surface area contributed by atoms with Crippen LogP contribution < -0.4 is 0 Å². The zero-order chi connectivity index (χ0) is 24.6. The summed E-state index contributed by atoms with van der Waals surface area (Å²) in [5.74, 6) is -0.104. The molecule has 4 rings (SSSR count). The standard InChI is InChI=1S/C26H31N5O4.2ClH/c32-17-15-29(16-18-33)19-25(34)30-11-13-31(14-12-30)26(35)21-8-5-20(6-9-21)7-10-24-22-3-1-2-4-23(22)27-28-24;;/h1-10,32-33H,11-19H2,(H,27,28);2*1H/b10-7+;;. The minimum Gasteiger partial charge on any atom is -0.395 e. The minimum absolute atomic E-state index is 0. The zero-order valence-corrected chi connectivity index (χ0v) is 22.1. The lowest BCUT2D eigenvalue weighted by Gasteiger charge is -2.35. The van der Waals surface area contributed by atoms with Gasteiger partial charge in [-0.1, -0.05) is 36.4 Å². The fraction of sp³-hybridized carbons (Fsp3) is 0.346. The first kappa shape index (κ1) is 30.3. The van der Waals surface area contributed by atoms with Gasteiger partial charge in [0.15, 0.2) is 0 Å². The predicted molar refractivity (Wildman–Crippen MR) is 149 cm³/mol. The quantitative estimate of drug-likeness (QED) is 0.377. The van der Waals surface area contributed by atoms with E-state index < -0.39 is 0 Å². The number of hydrogen-bond acceptors (Lipinski definition) is 6. The highest BCUT2D eigenvalue weighted by Gasteiger charge is 2.25. The van der Waals surface area contributed by atoms with Gasteiger partial charge in [0, 0.05) is 50.2 Å². The number of aliphatic hydroxyl groups excluding tert-OH is 2. The van der Waals surface area contributed by atoms with Gasteiger partial charge in [0.05, 0.1) is 31.0 Å². The largest absolute Gasteiger partial charge is 0.395 e. The molecule has 0 saturated carbocycles. The summed E-state index contributed by atoms with van der Waals surface area (Å²) in [5, 5.41) is 26.7. The van der Waals surface area contributed by atoms with Crippen molar-refractivity contribution in [2.45, 2.75) is 0 Å². The van der Waals surface area contributed by atoms with Crippen molar-refractivity contribution in [1.82, 2.24) is 24.9 Å². The molecule has 0 radical (unpaired) electrons. The third-order valence-corrected chi connectivity index (χ3v) is 6.20. The number of carbonyl (C=O) groups is 2. The maximum absolute atomic E-state index is 13.0. The second-order valence-electron chi connectivity index (χ2n) is 8.51. The van der Waals surface area contributed by atoms with E-state index in [-0.39, 0.29) is 56.4 Å². The summed E-state index contributed by atoms with van der Waals surface area (Å²) in [6.07, 6.45) is 3.92. The van der Waals surface area contributed by atoms with E-state index >= 15 is 0 Å². The second kappa shape index (κ2) is 14.7. The molecule has 3 N–H and O–H groups in total. The van der Waals surface area contributed by atoms with Crippen LogP contribution in [0.1, 0.15) is 21.6 Å². The van der Waals surface area contributed by atoms with Crippen LogP contribution in [-0.4, -0.2) is 106 Å². The highest BCUT2D eigenvalue weighted by atomic mass is 35.5. The number of amides is 2. The van der Waals surface area contributed by atoms with Gasteiger partial charge >= 0.3 is 0 Å². The maximum Gasteiger partial charge on any atom is 0.253 e. The number of fused-ring (bicyclic) bond motifs is 1. The van der Waals surface area contributed by atoms with E-state index in [0.29, 0.717) is 44.8 Å². The Hall–Kier alpha value is -2.95. The summed E-state index contributed by atoms with van der Waals surface area (Å²) in [6, 6.07) is 15.4. The van der Waals surface area contributed by atoms with Gasteiger partial charge in [-0.2, -0.15) is 5.10 Å². The van der Waals surface area contributed by atoms with Crippen molar-refractivity contribution < 1.29 is 19.8 Å². The van der Waals surface area contributed by atoms with Crippen LogP contribution in [0, 0.1) is 0 Å². The highest BCUT2D eigenvalue weighted by molar-refractivity contribution is 5.95. The third kappa shape index (κ3) is 7.77. The molecule has 0 unspecified atom stereocenters. The second-order valence-corrected chi connectivity index (χ2v) is 8.51. The van der Waals surface area contributed by atoms with Gasteiger partial charge in [0.1, 0.15) is 0 Å². The molecule has 9 nitrogen and oxygen atoms in total. The smallest absolute Gasteiger partial charge is 0.253 e. The molecule has 1 saturated heterocycles. The fourth-order valence-corrected chi connectivity index (χ4v) is 4.21. The van der Waals surface area contributed by atoms with E-state index in [1.54, 1.807) is 14.7 Å². The van der Waals surface area contributed by atoms with Crippen LogP contribution in [0.15, 0.2) is 48.5 Å². The van der Waals surface area contributed by atoms with Gasteiger partial charge in [-0.05, 0) is 29.8 Å². The molecule has 200 valence electrons. The molecule has 11 heteroatoms. The van der Waals surface area contributed by atoms with Crippen LogP contribution >= 0.6 is 24.8 Å². The first-order chi connectivity index (χ1) is 17.1. The van der Waals surface area contributed by atoms with Crippen LogP contribution in [0.2, 0.25) is 0 Å². The molecule has 37 heavy (non-hydrogen) atoms. The molecule has 0 bridgehead atoms. The predicted octanol–water partition coefficient (Wildman–Crippen LogP) is 2.15. The lowest BCUT2D eigenvalue weighted by atomic mass is 10.1. The first-order valence-corrected chi connectivity index (χ1v) is 11.8. The number of hydrogen-bond donors (Lipinski definition) is 3. The molecule has 3 aromatic rings. The number of benzene rings is 2. The van der Waals surface area contributed by atoms with Gasteiger partial charge in [-0.15, -0.1) is 24.8 Å². The molecular weight excluding hydrogens is 517 g/mol. The monoisotopic (exact) mass is 549 g/mol. The van der Waals surface area contributed by atoms with Crippen molar-refractivity contribution in [2.75, 3.05) is 59.0 Å². The summed E-state index contributed by atoms with van der Waals surface area (Å²) in [6.45, 7) is 2.58. The lowest BCUT2D eigenvalue weighted by Crippen LogP contribution is -2.53. The first-order valence-electron chi connectivity index (χ1n) is 11.8. The van der Waals surface area contributed by atoms with E-state index in [9.17, 15) is 9.59 Å². The molecule has 1 aliphatic rings. The zero-order valence-electron chi connectivity index (χ0n) is 20.5. The number of carbonyl (C=O) groups excluding carboxylic acids is 2. The van der Waals surface area contributed by atoms with Crippen LogP contribution in [-0.2, 0) is 4.79 Å². The summed E-state index contributed by atoms with van der Waals surface area (Å²) in [7, 11) is 0. The Bertz CT molecular complexity index is 1170. The number of H-pyrrole nitrogens is 1. The van der Waals surface area contributed by atoms with E-state index in [1.165, 1.54) is 0 Å². The Balaban J connectivity index is 0.00000241. The number of rotatable bonds is 9. The average molecular weight is 550 g/mol. The number of aromatic nitrogens is 2. The SMILES string of the molecule is Cl.Cl.O=C(CN(CCO)CCO)N1CCN(C(=O)c2ccc(/C=C/c3n[nH]c4ccccc34)cc2)CC1. The van der Waals surface area contributed by atoms with Crippen LogP contribution in [0.5, 0.6) is 0 Å². The molecule has 0 spiro atoms. The van der Waals surface area contributed by atoms with Gasteiger partial charge < -0.3 is 20.0 Å². The topological polar surface area (TPSA) is 113 Å².